The fourth-order valence-electron chi connectivity index (χ4n) is 8.93. The zero-order chi connectivity index (χ0) is 16.4. The monoisotopic (exact) mass is 344 g/mol. The predicted octanol–water partition coefficient (Wildman–Crippen LogP) is 1.47. The molecule has 6 aliphatic rings. The Labute approximate surface area is 152 Å². The molecule has 25 heavy (non-hydrogen) atoms. The van der Waals surface area contributed by atoms with E-state index in [1.165, 1.54) is 77.5 Å². The maximum atomic E-state index is 4.13. The molecule has 4 nitrogen and oxygen atoms in total. The largest absolute Gasteiger partial charge is 0.313 e. The second-order valence-electron chi connectivity index (χ2n) is 9.93. The van der Waals surface area contributed by atoms with Crippen molar-refractivity contribution in [3.63, 3.8) is 0 Å². The second-order valence-corrected chi connectivity index (χ2v) is 9.93. The normalized spacial score (nSPS) is 57.6. The van der Waals surface area contributed by atoms with Crippen LogP contribution in [-0.4, -0.2) is 50.3 Å². The highest BCUT2D eigenvalue weighted by atomic mass is 15.1. The minimum absolute atomic E-state index is 0.506. The first-order chi connectivity index (χ1) is 12.4. The van der Waals surface area contributed by atoms with E-state index in [-0.39, 0.29) is 0 Å². The van der Waals surface area contributed by atoms with Crippen LogP contribution in [0.15, 0.2) is 0 Å². The van der Waals surface area contributed by atoms with Gasteiger partial charge in [-0.15, -0.1) is 0 Å². The summed E-state index contributed by atoms with van der Waals surface area (Å²) in [7, 11) is 0. The van der Waals surface area contributed by atoms with E-state index in [2.05, 4.69) is 21.3 Å². The first-order valence-electron chi connectivity index (χ1n) is 11.4. The van der Waals surface area contributed by atoms with Crippen LogP contribution in [0.25, 0.3) is 0 Å². The van der Waals surface area contributed by atoms with E-state index in [0.29, 0.717) is 5.41 Å². The molecule has 4 saturated heterocycles. The number of hydrogen-bond acceptors (Lipinski definition) is 4. The molecule has 0 radical (unpaired) electrons. The molecule has 4 heterocycles. The van der Waals surface area contributed by atoms with E-state index < -0.39 is 0 Å². The van der Waals surface area contributed by atoms with Crippen LogP contribution in [0.5, 0.6) is 0 Å². The highest BCUT2D eigenvalue weighted by Gasteiger charge is 2.72. The molecule has 0 amide bonds. The van der Waals surface area contributed by atoms with Crippen molar-refractivity contribution in [2.75, 3.05) is 26.2 Å². The van der Waals surface area contributed by atoms with Crippen LogP contribution in [0.4, 0.5) is 0 Å². The molecule has 0 aromatic carbocycles. The van der Waals surface area contributed by atoms with Crippen LogP contribution in [0.1, 0.15) is 51.4 Å². The first kappa shape index (κ1) is 15.9. The lowest BCUT2D eigenvalue weighted by Gasteiger charge is -2.51. The maximum absolute atomic E-state index is 4.13. The van der Waals surface area contributed by atoms with Gasteiger partial charge in [-0.25, -0.2) is 0 Å². The quantitative estimate of drug-likeness (QED) is 0.538. The Balaban J connectivity index is 1.50. The van der Waals surface area contributed by atoms with Crippen molar-refractivity contribution < 1.29 is 0 Å². The summed E-state index contributed by atoms with van der Waals surface area (Å²) in [6.07, 6.45) is 11.4. The molecule has 4 N–H and O–H groups in total. The Morgan fingerprint density at radius 1 is 0.520 bits per heavy atom. The van der Waals surface area contributed by atoms with Crippen molar-refractivity contribution in [1.82, 2.24) is 21.3 Å². The zero-order valence-electron chi connectivity index (χ0n) is 15.6. The van der Waals surface area contributed by atoms with E-state index >= 15 is 0 Å². The fraction of sp³-hybridized carbons (Fsp3) is 1.00. The van der Waals surface area contributed by atoms with Gasteiger partial charge in [0.25, 0.3) is 0 Å². The van der Waals surface area contributed by atoms with Crippen molar-refractivity contribution in [3.8, 4) is 0 Å². The molecule has 4 aliphatic heterocycles. The van der Waals surface area contributed by atoms with Crippen LogP contribution in [-0.2, 0) is 0 Å². The third-order valence-electron chi connectivity index (χ3n) is 9.31. The summed E-state index contributed by atoms with van der Waals surface area (Å²) in [6, 6.07) is 3.10. The van der Waals surface area contributed by atoms with Crippen LogP contribution in [0.3, 0.4) is 0 Å². The van der Waals surface area contributed by atoms with Crippen molar-refractivity contribution >= 4 is 0 Å². The summed E-state index contributed by atoms with van der Waals surface area (Å²) in [5.74, 6) is 3.55. The van der Waals surface area contributed by atoms with E-state index in [9.17, 15) is 0 Å². The molecule has 8 unspecified atom stereocenters. The van der Waals surface area contributed by atoms with Gasteiger partial charge in [0.2, 0.25) is 0 Å². The molecule has 6 fully saturated rings. The predicted molar refractivity (Wildman–Crippen MR) is 100 cm³/mol. The molecule has 2 saturated carbocycles. The highest BCUT2D eigenvalue weighted by molar-refractivity contribution is 5.27. The fourth-order valence-corrected chi connectivity index (χ4v) is 8.93. The second kappa shape index (κ2) is 5.92. The smallest absolute Gasteiger partial charge is 0.0188 e. The van der Waals surface area contributed by atoms with Gasteiger partial charge in [0.05, 0.1) is 0 Å². The van der Waals surface area contributed by atoms with Gasteiger partial charge in [-0.2, -0.15) is 0 Å². The molecule has 140 valence electrons. The topological polar surface area (TPSA) is 48.1 Å². The average molecular weight is 345 g/mol. The van der Waals surface area contributed by atoms with E-state index in [1.54, 1.807) is 0 Å². The Morgan fingerprint density at radius 2 is 0.960 bits per heavy atom. The van der Waals surface area contributed by atoms with Crippen LogP contribution < -0.4 is 21.3 Å². The van der Waals surface area contributed by atoms with Gasteiger partial charge in [0, 0.05) is 29.6 Å². The lowest BCUT2D eigenvalue weighted by atomic mass is 9.60. The molecule has 8 atom stereocenters. The van der Waals surface area contributed by atoms with Gasteiger partial charge in [-0.1, -0.05) is 0 Å². The molecule has 1 spiro atoms. The van der Waals surface area contributed by atoms with Crippen molar-refractivity contribution in [1.29, 1.82) is 0 Å². The van der Waals surface area contributed by atoms with E-state index in [1.807, 2.05) is 0 Å². The summed E-state index contributed by atoms with van der Waals surface area (Å²) in [6.45, 7) is 5.03. The number of piperidine rings is 4. The van der Waals surface area contributed by atoms with Crippen molar-refractivity contribution in [2.24, 2.45) is 29.1 Å². The van der Waals surface area contributed by atoms with Crippen LogP contribution in [0.2, 0.25) is 0 Å². The summed E-state index contributed by atoms with van der Waals surface area (Å²) in [5.41, 5.74) is 0.506. The lowest BCUT2D eigenvalue weighted by Crippen LogP contribution is -2.62. The van der Waals surface area contributed by atoms with Gasteiger partial charge in [-0.3, -0.25) is 0 Å². The first-order valence-corrected chi connectivity index (χ1v) is 11.4. The average Bonchev–Trinajstić information content (AvgIpc) is 3.16. The van der Waals surface area contributed by atoms with Crippen molar-refractivity contribution in [2.45, 2.75) is 75.5 Å². The Hall–Kier alpha value is -0.160. The summed E-state index contributed by atoms with van der Waals surface area (Å²) in [5, 5.41) is 16.3. The third kappa shape index (κ3) is 1.98. The highest BCUT2D eigenvalue weighted by Crippen LogP contribution is 2.66. The zero-order valence-corrected chi connectivity index (χ0v) is 15.6. The molecular weight excluding hydrogens is 308 g/mol. The number of rotatable bonds is 0. The Morgan fingerprint density at radius 3 is 1.48 bits per heavy atom. The summed E-state index contributed by atoms with van der Waals surface area (Å²) < 4.78 is 0. The number of hydrogen-bond donors (Lipinski definition) is 4. The lowest BCUT2D eigenvalue weighted by molar-refractivity contribution is 0.0167. The van der Waals surface area contributed by atoms with Gasteiger partial charge in [0.1, 0.15) is 0 Å². The standard InChI is InChI=1S/C21H36N4/c1-5-13-17-15(7-3-9-22-17)21(19(13)24-11-1)16-8-4-10-23-18(16)14-6-2-12-25-20(14)21/h13-20,22-25H,1-12H2. The molecule has 2 aliphatic carbocycles. The van der Waals surface area contributed by atoms with Crippen molar-refractivity contribution in [3.05, 3.63) is 0 Å². The molecule has 6 rings (SSSR count). The van der Waals surface area contributed by atoms with E-state index in [4.69, 9.17) is 0 Å². The van der Waals surface area contributed by atoms with Gasteiger partial charge in [0.15, 0.2) is 0 Å². The van der Waals surface area contributed by atoms with Crippen LogP contribution >= 0.6 is 0 Å². The minimum atomic E-state index is 0.506. The van der Waals surface area contributed by atoms with Crippen LogP contribution in [0, 0.1) is 29.1 Å². The van der Waals surface area contributed by atoms with Gasteiger partial charge < -0.3 is 21.3 Å². The Kier molecular flexibility index (Phi) is 3.75. The number of fused-ring (bicyclic) bond motifs is 10. The Bertz CT molecular complexity index is 429. The minimum Gasteiger partial charge on any atom is -0.313 e. The summed E-state index contributed by atoms with van der Waals surface area (Å²) in [4.78, 5) is 0. The molecule has 0 aromatic heterocycles. The maximum Gasteiger partial charge on any atom is 0.0188 e. The van der Waals surface area contributed by atoms with Gasteiger partial charge >= 0.3 is 0 Å². The molecule has 0 bridgehead atoms. The van der Waals surface area contributed by atoms with Gasteiger partial charge in [-0.05, 0) is 101 Å². The molecular formula is C21H36N4. The summed E-state index contributed by atoms with van der Waals surface area (Å²) >= 11 is 0. The van der Waals surface area contributed by atoms with E-state index in [0.717, 1.165) is 47.8 Å². The molecule has 4 heteroatoms. The molecule has 0 aromatic rings. The SMILES string of the molecule is C1CNC2C(C1)C1NCCCC1C21C2CCCNC2C2CCCNC21. The third-order valence-corrected chi connectivity index (χ3v) is 9.31. The number of nitrogens with one attached hydrogen (secondary N) is 4.